The van der Waals surface area contributed by atoms with Gasteiger partial charge in [0, 0.05) is 43.1 Å². The second-order valence-corrected chi connectivity index (χ2v) is 17.3. The molecular formula is C47H57NO13. The smallest absolute Gasteiger partial charge is 0.337 e. The summed E-state index contributed by atoms with van der Waals surface area (Å²) in [6.07, 6.45) is -2.32. The van der Waals surface area contributed by atoms with Crippen LogP contribution < -0.4 is 5.32 Å². The second kappa shape index (κ2) is 19.5. The molecule has 0 aliphatic heterocycles. The van der Waals surface area contributed by atoms with Gasteiger partial charge in [0.1, 0.15) is 6.10 Å². The lowest BCUT2D eigenvalue weighted by Crippen LogP contribution is -2.68. The summed E-state index contributed by atoms with van der Waals surface area (Å²) in [5.74, 6) is -6.23. The third-order valence-corrected chi connectivity index (χ3v) is 13.3. The van der Waals surface area contributed by atoms with Crippen molar-refractivity contribution in [3.8, 4) is 0 Å². The zero-order valence-corrected chi connectivity index (χ0v) is 35.0. The maximum absolute atomic E-state index is 14.4. The molecule has 4 aliphatic carbocycles. The molecule has 6 N–H and O–H groups in total. The number of ketones is 1. The number of benzene rings is 3. The number of fused-ring (bicyclic) bond motifs is 5. The van der Waals surface area contributed by atoms with E-state index >= 15 is 0 Å². The number of carbonyl (C=O) groups is 6. The van der Waals surface area contributed by atoms with Crippen LogP contribution in [0.3, 0.4) is 0 Å². The van der Waals surface area contributed by atoms with Crippen LogP contribution >= 0.6 is 0 Å². The summed E-state index contributed by atoms with van der Waals surface area (Å²) < 4.78 is 11.8. The third kappa shape index (κ3) is 10.4. The number of aliphatic carboxylic acids is 1. The molecule has 1 amide bonds. The maximum atomic E-state index is 14.4. The number of ether oxygens (including phenoxy) is 2. The number of aromatic carboxylic acids is 1. The predicted molar refractivity (Wildman–Crippen MR) is 221 cm³/mol. The van der Waals surface area contributed by atoms with Crippen molar-refractivity contribution in [1.82, 2.24) is 5.32 Å². The van der Waals surface area contributed by atoms with Crippen molar-refractivity contribution in [1.29, 1.82) is 0 Å². The van der Waals surface area contributed by atoms with E-state index in [1.807, 2.05) is 13.8 Å². The Kier molecular flexibility index (Phi) is 14.9. The van der Waals surface area contributed by atoms with Crippen LogP contribution in [0.15, 0.2) is 91.0 Å². The van der Waals surface area contributed by atoms with E-state index in [9.17, 15) is 39.3 Å². The number of amides is 1. The van der Waals surface area contributed by atoms with E-state index in [0.29, 0.717) is 23.1 Å². The standard InChI is InChI=1S/C38H47NO9.C7H6O2.C2H4O2/c1-20-28(48-36(45)33(43)31(22-11-7-5-8-12-22)39-35(44)23-13-9-6-10-14-23)19-38(46)18-26-25-16-15-24(25)17-27(41)29(26)32(42)34(47-21(2)40)30(20)37(38,3)4;8-7(9)6-4-2-1-3-5-6;1-2(3)4/h5-14,20,24-31,33-34,41,43,46H,15-19H2,1-4H3,(H,39,44);1-5H,(H,8,9);1H3,(H,3,4)/t20?,24-,25?,26?,27+,28+,29?,30?,31+,33-,34?,38+;;/m1../s1. The van der Waals surface area contributed by atoms with Gasteiger partial charge in [0.2, 0.25) is 0 Å². The summed E-state index contributed by atoms with van der Waals surface area (Å²) >= 11 is 0. The lowest BCUT2D eigenvalue weighted by Gasteiger charge is -2.62. The Morgan fingerprint density at radius 1 is 0.787 bits per heavy atom. The first-order valence-electron chi connectivity index (χ1n) is 20.7. The summed E-state index contributed by atoms with van der Waals surface area (Å²) in [6.45, 7) is 7.85. The van der Waals surface area contributed by atoms with E-state index in [4.69, 9.17) is 24.5 Å². The first kappa shape index (κ1) is 46.6. The summed E-state index contributed by atoms with van der Waals surface area (Å²) in [5, 5.41) is 54.0. The number of carbonyl (C=O) groups excluding carboxylic acids is 4. The van der Waals surface area contributed by atoms with Gasteiger partial charge in [0.25, 0.3) is 11.9 Å². The number of carboxylic acids is 2. The topological polar surface area (TPSA) is 234 Å². The Balaban J connectivity index is 0.000000466. The van der Waals surface area contributed by atoms with Crippen LogP contribution in [0.1, 0.15) is 99.0 Å². The Hall–Kier alpha value is -5.44. The molecule has 12 atom stereocenters. The highest BCUT2D eigenvalue weighted by atomic mass is 16.6. The molecule has 3 aromatic carbocycles. The van der Waals surface area contributed by atoms with Crippen LogP contribution in [0.5, 0.6) is 0 Å². The van der Waals surface area contributed by atoms with Gasteiger partial charge in [-0.1, -0.05) is 87.5 Å². The fourth-order valence-electron chi connectivity index (χ4n) is 10.1. The van der Waals surface area contributed by atoms with E-state index in [-0.39, 0.29) is 36.4 Å². The van der Waals surface area contributed by atoms with E-state index in [0.717, 1.165) is 19.8 Å². The Morgan fingerprint density at radius 2 is 1.33 bits per heavy atom. The molecule has 0 aromatic heterocycles. The maximum Gasteiger partial charge on any atom is 0.337 e. The van der Waals surface area contributed by atoms with Crippen molar-refractivity contribution in [2.75, 3.05) is 0 Å². The summed E-state index contributed by atoms with van der Waals surface area (Å²) in [6, 6.07) is 24.2. The number of hydrogen-bond donors (Lipinski definition) is 6. The second-order valence-electron chi connectivity index (χ2n) is 17.3. The van der Waals surface area contributed by atoms with Gasteiger partial charge in [-0.25, -0.2) is 9.59 Å². The molecule has 14 heteroatoms. The lowest BCUT2D eigenvalue weighted by molar-refractivity contribution is -0.243. The Morgan fingerprint density at radius 3 is 1.82 bits per heavy atom. The van der Waals surface area contributed by atoms with Crippen molar-refractivity contribution >= 4 is 35.6 Å². The van der Waals surface area contributed by atoms with Gasteiger partial charge in [0.05, 0.1) is 29.2 Å². The normalized spacial score (nSPS) is 30.4. The van der Waals surface area contributed by atoms with E-state index < -0.39 is 89.0 Å². The van der Waals surface area contributed by atoms with Crippen LogP contribution in [0, 0.1) is 40.9 Å². The average molecular weight is 844 g/mol. The van der Waals surface area contributed by atoms with Gasteiger partial charge in [-0.05, 0) is 73.3 Å². The number of rotatable bonds is 8. The minimum atomic E-state index is -1.80. The van der Waals surface area contributed by atoms with Crippen molar-refractivity contribution in [3.05, 3.63) is 108 Å². The first-order chi connectivity index (χ1) is 28.8. The van der Waals surface area contributed by atoms with E-state index in [1.54, 1.807) is 97.9 Å². The number of Topliss-reactive ketones (excluding diaryl/α,β-unsaturated/α-hetero) is 1. The zero-order chi connectivity index (χ0) is 44.8. The first-order valence-corrected chi connectivity index (χ1v) is 20.7. The van der Waals surface area contributed by atoms with Gasteiger partial charge < -0.3 is 40.3 Å². The number of aliphatic hydroxyl groups excluding tert-OH is 2. The van der Waals surface area contributed by atoms with Crippen LogP contribution in [0.2, 0.25) is 0 Å². The number of aliphatic hydroxyl groups is 3. The summed E-state index contributed by atoms with van der Waals surface area (Å²) in [5.41, 5.74) is -1.24. The van der Waals surface area contributed by atoms with Gasteiger partial charge in [-0.2, -0.15) is 0 Å². The number of nitrogens with one attached hydrogen (secondary N) is 1. The number of hydrogen-bond acceptors (Lipinski definition) is 11. The van der Waals surface area contributed by atoms with Crippen LogP contribution in [-0.2, 0) is 28.7 Å². The third-order valence-electron chi connectivity index (χ3n) is 13.3. The van der Waals surface area contributed by atoms with Crippen LogP contribution in [-0.4, -0.2) is 91.1 Å². The largest absolute Gasteiger partial charge is 0.481 e. The highest BCUT2D eigenvalue weighted by Crippen LogP contribution is 2.62. The molecule has 0 radical (unpaired) electrons. The number of carboxylic acid groups (broad SMARTS) is 2. The van der Waals surface area contributed by atoms with Crippen LogP contribution in [0.25, 0.3) is 0 Å². The van der Waals surface area contributed by atoms with Gasteiger partial charge in [0.15, 0.2) is 18.0 Å². The fourth-order valence-corrected chi connectivity index (χ4v) is 10.1. The molecule has 4 saturated carbocycles. The van der Waals surface area contributed by atoms with Crippen molar-refractivity contribution in [3.63, 3.8) is 0 Å². The molecule has 4 aliphatic rings. The minimum absolute atomic E-state index is 0.0280. The quantitative estimate of drug-likeness (QED) is 0.159. The van der Waals surface area contributed by atoms with E-state index in [1.165, 1.54) is 6.92 Å². The molecule has 0 spiro atoms. The fraction of sp³-hybridized carbons (Fsp3) is 0.489. The summed E-state index contributed by atoms with van der Waals surface area (Å²) in [4.78, 5) is 73.1. The highest BCUT2D eigenvalue weighted by molar-refractivity contribution is 5.95. The molecule has 4 fully saturated rings. The SMILES string of the molecule is CC(=O)O.CC(=O)OC1C(=O)C2C(C[C@]3(O)C[C@H](OC(=O)[C@H](O)[C@@H](NC(=O)c4ccccc4)c4ccccc4)C(C)C1C3(C)C)C1CC[C@@H]1C[C@@H]2O.O=C(O)c1ccccc1. The zero-order valence-electron chi connectivity index (χ0n) is 35.0. The van der Waals surface area contributed by atoms with Crippen LogP contribution in [0.4, 0.5) is 0 Å². The van der Waals surface area contributed by atoms with E-state index in [2.05, 4.69) is 5.32 Å². The van der Waals surface area contributed by atoms with Gasteiger partial charge in [-0.15, -0.1) is 0 Å². The summed E-state index contributed by atoms with van der Waals surface area (Å²) in [7, 11) is 0. The Labute approximate surface area is 355 Å². The molecule has 6 unspecified atom stereocenters. The molecule has 7 rings (SSSR count). The molecule has 61 heavy (non-hydrogen) atoms. The number of esters is 2. The van der Waals surface area contributed by atoms with Crippen molar-refractivity contribution in [2.24, 2.45) is 40.9 Å². The van der Waals surface area contributed by atoms with Crippen molar-refractivity contribution in [2.45, 2.75) is 103 Å². The highest BCUT2D eigenvalue weighted by Gasteiger charge is 2.66. The van der Waals surface area contributed by atoms with Gasteiger partial charge in [-0.3, -0.25) is 19.2 Å². The molecule has 0 saturated heterocycles. The van der Waals surface area contributed by atoms with Crippen molar-refractivity contribution < 1.29 is 63.8 Å². The molecule has 328 valence electrons. The van der Waals surface area contributed by atoms with Gasteiger partial charge >= 0.3 is 17.9 Å². The average Bonchev–Trinajstić information content (AvgIpc) is 3.20. The molecule has 0 heterocycles. The monoisotopic (exact) mass is 843 g/mol. The molecule has 3 aromatic rings. The molecule has 2 bridgehead atoms. The lowest BCUT2D eigenvalue weighted by atomic mass is 9.45. The Bertz CT molecular complexity index is 2020. The predicted octanol–water partition coefficient (Wildman–Crippen LogP) is 5.25. The molecular weight excluding hydrogens is 787 g/mol. The molecule has 14 nitrogen and oxygen atoms in total. The minimum Gasteiger partial charge on any atom is -0.481 e.